The normalized spacial score (nSPS) is 23.0. The van der Waals surface area contributed by atoms with E-state index in [0.29, 0.717) is 5.92 Å². The number of aliphatic hydroxyl groups is 2. The Morgan fingerprint density at radius 2 is 2.13 bits per heavy atom. The Balaban J connectivity index is 2.31. The van der Waals surface area contributed by atoms with Crippen molar-refractivity contribution in [1.82, 2.24) is 10.6 Å². The molecule has 0 aliphatic carbocycles. The number of rotatable bonds is 6. The Hall–Kier alpha value is -0.160. The highest BCUT2D eigenvalue weighted by atomic mass is 16.3. The largest absolute Gasteiger partial charge is 0.394 e. The highest BCUT2D eigenvalue weighted by Gasteiger charge is 2.27. The summed E-state index contributed by atoms with van der Waals surface area (Å²) >= 11 is 0. The monoisotopic (exact) mass is 216 g/mol. The third-order valence-corrected chi connectivity index (χ3v) is 3.45. The molecule has 0 spiro atoms. The van der Waals surface area contributed by atoms with Crippen LogP contribution in [0.5, 0.6) is 0 Å². The van der Waals surface area contributed by atoms with Gasteiger partial charge in [-0.15, -0.1) is 0 Å². The molecule has 0 aromatic heterocycles. The van der Waals surface area contributed by atoms with Gasteiger partial charge in [-0.1, -0.05) is 6.92 Å². The molecule has 0 aromatic rings. The second-order valence-electron chi connectivity index (χ2n) is 4.54. The van der Waals surface area contributed by atoms with Gasteiger partial charge in [-0.2, -0.15) is 0 Å². The van der Waals surface area contributed by atoms with E-state index in [9.17, 15) is 10.2 Å². The molecule has 0 amide bonds. The van der Waals surface area contributed by atoms with Crippen molar-refractivity contribution in [3.63, 3.8) is 0 Å². The van der Waals surface area contributed by atoms with Crippen molar-refractivity contribution in [2.24, 2.45) is 5.92 Å². The van der Waals surface area contributed by atoms with Crippen molar-refractivity contribution >= 4 is 0 Å². The molecule has 1 atom stereocenters. The van der Waals surface area contributed by atoms with Crippen LogP contribution in [-0.2, 0) is 0 Å². The van der Waals surface area contributed by atoms with Gasteiger partial charge < -0.3 is 20.8 Å². The fraction of sp³-hybridized carbons (Fsp3) is 1.00. The minimum atomic E-state index is -0.489. The van der Waals surface area contributed by atoms with Crippen LogP contribution in [0, 0.1) is 5.92 Å². The molecule has 1 aliphatic rings. The van der Waals surface area contributed by atoms with Gasteiger partial charge in [0.2, 0.25) is 0 Å². The van der Waals surface area contributed by atoms with Gasteiger partial charge in [-0.05, 0) is 44.8 Å². The maximum Gasteiger partial charge on any atom is 0.0645 e. The van der Waals surface area contributed by atoms with Crippen LogP contribution in [-0.4, -0.2) is 48.6 Å². The highest BCUT2D eigenvalue weighted by molar-refractivity contribution is 4.87. The van der Waals surface area contributed by atoms with Gasteiger partial charge in [-0.3, -0.25) is 0 Å². The molecule has 0 aromatic carbocycles. The average Bonchev–Trinajstić information content (AvgIpc) is 2.33. The van der Waals surface area contributed by atoms with E-state index in [1.165, 1.54) is 12.8 Å². The Kier molecular flexibility index (Phi) is 5.53. The molecule has 4 nitrogen and oxygen atoms in total. The molecular formula is C11H24N2O2. The molecule has 90 valence electrons. The summed E-state index contributed by atoms with van der Waals surface area (Å²) in [6.45, 7) is 5.03. The number of hydrogen-bond donors (Lipinski definition) is 4. The number of piperidine rings is 1. The first-order valence-corrected chi connectivity index (χ1v) is 5.94. The van der Waals surface area contributed by atoms with E-state index in [2.05, 4.69) is 10.6 Å². The summed E-state index contributed by atoms with van der Waals surface area (Å²) in [6.07, 6.45) is 3.21. The maximum absolute atomic E-state index is 9.27. The molecule has 0 saturated carbocycles. The predicted octanol–water partition coefficient (Wildman–Crippen LogP) is -0.291. The summed E-state index contributed by atoms with van der Waals surface area (Å²) in [5, 5.41) is 25.2. The second kappa shape index (κ2) is 6.43. The van der Waals surface area contributed by atoms with Crippen molar-refractivity contribution in [1.29, 1.82) is 0 Å². The average molecular weight is 216 g/mol. The number of nitrogens with one attached hydrogen (secondary N) is 2. The first-order valence-electron chi connectivity index (χ1n) is 5.94. The molecule has 1 fully saturated rings. The van der Waals surface area contributed by atoms with Gasteiger partial charge in [0.1, 0.15) is 0 Å². The fourth-order valence-electron chi connectivity index (χ4n) is 1.97. The third-order valence-electron chi connectivity index (χ3n) is 3.45. The molecular weight excluding hydrogens is 192 g/mol. The van der Waals surface area contributed by atoms with Crippen LogP contribution in [0.3, 0.4) is 0 Å². The summed E-state index contributed by atoms with van der Waals surface area (Å²) in [4.78, 5) is 0. The Bertz CT molecular complexity index is 158. The van der Waals surface area contributed by atoms with Crippen molar-refractivity contribution in [2.45, 2.75) is 31.7 Å². The van der Waals surface area contributed by atoms with Crippen LogP contribution in [0.25, 0.3) is 0 Å². The van der Waals surface area contributed by atoms with E-state index >= 15 is 0 Å². The zero-order chi connectivity index (χ0) is 11.1. The Labute approximate surface area is 92.1 Å². The van der Waals surface area contributed by atoms with Crippen LogP contribution in [0.1, 0.15) is 26.2 Å². The molecule has 0 radical (unpaired) electrons. The zero-order valence-corrected chi connectivity index (χ0v) is 9.63. The Morgan fingerprint density at radius 1 is 1.40 bits per heavy atom. The van der Waals surface area contributed by atoms with Gasteiger partial charge in [0.15, 0.2) is 0 Å². The molecule has 4 N–H and O–H groups in total. The van der Waals surface area contributed by atoms with Crippen LogP contribution in [0.2, 0.25) is 0 Å². The van der Waals surface area contributed by atoms with Crippen molar-refractivity contribution in [2.75, 3.05) is 32.8 Å². The van der Waals surface area contributed by atoms with Gasteiger partial charge >= 0.3 is 0 Å². The van der Waals surface area contributed by atoms with Gasteiger partial charge in [0.25, 0.3) is 0 Å². The maximum atomic E-state index is 9.27. The van der Waals surface area contributed by atoms with E-state index in [1.807, 2.05) is 6.92 Å². The van der Waals surface area contributed by atoms with E-state index in [-0.39, 0.29) is 13.2 Å². The van der Waals surface area contributed by atoms with E-state index in [1.54, 1.807) is 0 Å². The highest BCUT2D eigenvalue weighted by Crippen LogP contribution is 2.13. The van der Waals surface area contributed by atoms with Crippen LogP contribution >= 0.6 is 0 Å². The molecule has 1 saturated heterocycles. The summed E-state index contributed by atoms with van der Waals surface area (Å²) in [5.41, 5.74) is -0.489. The molecule has 0 bridgehead atoms. The summed E-state index contributed by atoms with van der Waals surface area (Å²) in [6, 6.07) is 0. The van der Waals surface area contributed by atoms with Crippen LogP contribution in [0.4, 0.5) is 0 Å². The topological polar surface area (TPSA) is 64.5 Å². The molecule has 4 heteroatoms. The smallest absolute Gasteiger partial charge is 0.0645 e. The van der Waals surface area contributed by atoms with E-state index < -0.39 is 5.54 Å². The van der Waals surface area contributed by atoms with Crippen LogP contribution in [0.15, 0.2) is 0 Å². The minimum absolute atomic E-state index is 0.000147. The van der Waals surface area contributed by atoms with Crippen molar-refractivity contribution in [3.8, 4) is 0 Å². The summed E-state index contributed by atoms with van der Waals surface area (Å²) < 4.78 is 0. The molecule has 1 unspecified atom stereocenters. The lowest BCUT2D eigenvalue weighted by Gasteiger charge is -2.33. The first-order chi connectivity index (χ1) is 7.26. The van der Waals surface area contributed by atoms with Crippen LogP contribution < -0.4 is 10.6 Å². The fourth-order valence-corrected chi connectivity index (χ4v) is 1.97. The zero-order valence-electron chi connectivity index (χ0n) is 9.63. The molecule has 1 rings (SSSR count). The summed E-state index contributed by atoms with van der Waals surface area (Å²) in [5.74, 6) is 0.628. The first kappa shape index (κ1) is 12.9. The molecule has 1 heterocycles. The van der Waals surface area contributed by atoms with E-state index in [4.69, 9.17) is 0 Å². The molecule has 15 heavy (non-hydrogen) atoms. The standard InChI is InChI=1S/C11H24N2O2/c1-2-11(8-14,9-15)13-7-10-4-3-5-12-6-10/h10,12-15H,2-9H2,1H3. The van der Waals surface area contributed by atoms with Gasteiger partial charge in [-0.25, -0.2) is 0 Å². The van der Waals surface area contributed by atoms with Crippen molar-refractivity contribution in [3.05, 3.63) is 0 Å². The second-order valence-corrected chi connectivity index (χ2v) is 4.54. The van der Waals surface area contributed by atoms with Gasteiger partial charge in [0.05, 0.1) is 18.8 Å². The number of aliphatic hydroxyl groups excluding tert-OH is 2. The summed E-state index contributed by atoms with van der Waals surface area (Å²) in [7, 11) is 0. The third kappa shape index (κ3) is 3.72. The van der Waals surface area contributed by atoms with Crippen molar-refractivity contribution < 1.29 is 10.2 Å². The lowest BCUT2D eigenvalue weighted by molar-refractivity contribution is 0.0828. The number of hydrogen-bond acceptors (Lipinski definition) is 4. The Morgan fingerprint density at radius 3 is 2.60 bits per heavy atom. The SMILES string of the molecule is CCC(CO)(CO)NCC1CCCNC1. The quantitative estimate of drug-likeness (QED) is 0.493. The van der Waals surface area contributed by atoms with Gasteiger partial charge in [0, 0.05) is 0 Å². The predicted molar refractivity (Wildman–Crippen MR) is 60.8 cm³/mol. The lowest BCUT2D eigenvalue weighted by Crippen LogP contribution is -2.53. The minimum Gasteiger partial charge on any atom is -0.394 e. The lowest BCUT2D eigenvalue weighted by atomic mass is 9.94. The molecule has 1 aliphatic heterocycles. The van der Waals surface area contributed by atoms with E-state index in [0.717, 1.165) is 26.1 Å².